The van der Waals surface area contributed by atoms with Gasteiger partial charge in [0.05, 0.1) is 6.04 Å². The van der Waals surface area contributed by atoms with Crippen LogP contribution in [0.1, 0.15) is 12.5 Å². The van der Waals surface area contributed by atoms with E-state index in [2.05, 4.69) is 17.1 Å². The predicted octanol–water partition coefficient (Wildman–Crippen LogP) is 0.891. The third-order valence-corrected chi connectivity index (χ3v) is 1.74. The number of rotatable bonds is 3. The van der Waals surface area contributed by atoms with Crippen molar-refractivity contribution in [3.05, 3.63) is 35.9 Å². The molecule has 0 heterocycles. The van der Waals surface area contributed by atoms with Crippen molar-refractivity contribution in [2.75, 3.05) is 0 Å². The molecule has 1 atom stereocenters. The van der Waals surface area contributed by atoms with E-state index in [4.69, 9.17) is 11.5 Å². The number of nitrogens with two attached hydrogens (primary N) is 2. The Morgan fingerprint density at radius 1 is 1.31 bits per heavy atom. The molecule has 0 fully saturated rings. The van der Waals surface area contributed by atoms with Crippen LogP contribution in [0, 0.1) is 0 Å². The van der Waals surface area contributed by atoms with Gasteiger partial charge in [-0.15, -0.1) is 0 Å². The topological polar surface area (TPSA) is 64.4 Å². The van der Waals surface area contributed by atoms with Gasteiger partial charge >= 0.3 is 0 Å². The molecule has 0 aliphatic rings. The molecule has 1 aromatic carbocycles. The molecule has 70 valence electrons. The Morgan fingerprint density at radius 2 is 1.92 bits per heavy atom. The summed E-state index contributed by atoms with van der Waals surface area (Å²) in [5.41, 5.74) is 11.8. The van der Waals surface area contributed by atoms with Gasteiger partial charge in [-0.1, -0.05) is 30.3 Å². The average Bonchev–Trinajstić information content (AvgIpc) is 2.04. The molecule has 0 saturated carbocycles. The van der Waals surface area contributed by atoms with E-state index in [1.165, 1.54) is 5.56 Å². The van der Waals surface area contributed by atoms with Gasteiger partial charge in [-0.05, 0) is 18.9 Å². The second-order valence-electron chi connectivity index (χ2n) is 3.09. The summed E-state index contributed by atoms with van der Waals surface area (Å²) in [6, 6.07) is 10.3. The predicted molar refractivity (Wildman–Crippen MR) is 55.4 cm³/mol. The monoisotopic (exact) mass is 177 g/mol. The van der Waals surface area contributed by atoms with Gasteiger partial charge in [-0.2, -0.15) is 0 Å². The summed E-state index contributed by atoms with van der Waals surface area (Å²) in [5, 5.41) is 0. The highest BCUT2D eigenvalue weighted by Gasteiger charge is 2.00. The second kappa shape index (κ2) is 4.50. The molecular formula is C10H15N3. The first kappa shape index (κ1) is 9.58. The fraction of sp³-hybridized carbons (Fsp3) is 0.300. The highest BCUT2D eigenvalue weighted by atomic mass is 15.0. The van der Waals surface area contributed by atoms with Gasteiger partial charge in [-0.3, -0.25) is 4.99 Å². The first-order valence-corrected chi connectivity index (χ1v) is 4.31. The Morgan fingerprint density at radius 3 is 2.46 bits per heavy atom. The van der Waals surface area contributed by atoms with Gasteiger partial charge in [0.15, 0.2) is 5.96 Å². The van der Waals surface area contributed by atoms with Crippen LogP contribution in [0.3, 0.4) is 0 Å². The fourth-order valence-corrected chi connectivity index (χ4v) is 1.26. The van der Waals surface area contributed by atoms with Crippen molar-refractivity contribution in [1.82, 2.24) is 0 Å². The van der Waals surface area contributed by atoms with E-state index in [-0.39, 0.29) is 12.0 Å². The highest BCUT2D eigenvalue weighted by molar-refractivity contribution is 5.75. The van der Waals surface area contributed by atoms with Crippen LogP contribution in [0.25, 0.3) is 0 Å². The average molecular weight is 177 g/mol. The van der Waals surface area contributed by atoms with Crippen LogP contribution in [0.4, 0.5) is 0 Å². The lowest BCUT2D eigenvalue weighted by Gasteiger charge is -2.05. The van der Waals surface area contributed by atoms with Gasteiger partial charge in [0.25, 0.3) is 0 Å². The molecule has 0 aliphatic carbocycles. The maximum atomic E-state index is 5.27. The summed E-state index contributed by atoms with van der Waals surface area (Å²) in [5.74, 6) is 0.156. The highest BCUT2D eigenvalue weighted by Crippen LogP contribution is 2.04. The van der Waals surface area contributed by atoms with E-state index in [1.807, 2.05) is 25.1 Å². The molecule has 3 nitrogen and oxygen atoms in total. The number of hydrogen-bond donors (Lipinski definition) is 2. The van der Waals surface area contributed by atoms with Crippen molar-refractivity contribution in [2.45, 2.75) is 19.4 Å². The van der Waals surface area contributed by atoms with E-state index in [0.29, 0.717) is 0 Å². The standard InChI is InChI=1S/C10H15N3/c1-8(13-10(11)12)7-9-5-3-2-4-6-9/h2-6,8H,7H2,1H3,(H4,11,12,13). The number of nitrogens with zero attached hydrogens (tertiary/aromatic N) is 1. The first-order chi connectivity index (χ1) is 6.18. The lowest BCUT2D eigenvalue weighted by molar-refractivity contribution is 0.738. The number of benzene rings is 1. The number of aliphatic imine (C=N–C) groups is 1. The Balaban J connectivity index is 2.55. The molecule has 0 aromatic heterocycles. The molecule has 0 amide bonds. The zero-order valence-electron chi connectivity index (χ0n) is 7.77. The molecular weight excluding hydrogens is 162 g/mol. The molecule has 13 heavy (non-hydrogen) atoms. The SMILES string of the molecule is CC(Cc1ccccc1)N=C(N)N. The van der Waals surface area contributed by atoms with Crippen LogP contribution < -0.4 is 11.5 Å². The maximum Gasteiger partial charge on any atom is 0.186 e. The van der Waals surface area contributed by atoms with Crippen molar-refractivity contribution >= 4 is 5.96 Å². The van der Waals surface area contributed by atoms with Gasteiger partial charge in [0, 0.05) is 0 Å². The quantitative estimate of drug-likeness (QED) is 0.532. The molecule has 0 radical (unpaired) electrons. The van der Waals surface area contributed by atoms with Crippen molar-refractivity contribution < 1.29 is 0 Å². The first-order valence-electron chi connectivity index (χ1n) is 4.31. The molecule has 1 rings (SSSR count). The molecule has 1 aromatic rings. The van der Waals surface area contributed by atoms with E-state index in [9.17, 15) is 0 Å². The Labute approximate surface area is 78.5 Å². The van der Waals surface area contributed by atoms with E-state index in [1.54, 1.807) is 0 Å². The minimum absolute atomic E-state index is 0.146. The van der Waals surface area contributed by atoms with E-state index in [0.717, 1.165) is 6.42 Å². The molecule has 0 aliphatic heterocycles. The van der Waals surface area contributed by atoms with Crippen molar-refractivity contribution in [2.24, 2.45) is 16.5 Å². The number of guanidine groups is 1. The maximum absolute atomic E-state index is 5.27. The zero-order valence-corrected chi connectivity index (χ0v) is 7.77. The van der Waals surface area contributed by atoms with Gasteiger partial charge in [0.1, 0.15) is 0 Å². The van der Waals surface area contributed by atoms with Gasteiger partial charge in [-0.25, -0.2) is 0 Å². The largest absolute Gasteiger partial charge is 0.370 e. The van der Waals surface area contributed by atoms with Crippen LogP contribution in [0.5, 0.6) is 0 Å². The number of hydrogen-bond acceptors (Lipinski definition) is 1. The van der Waals surface area contributed by atoms with Crippen molar-refractivity contribution in [1.29, 1.82) is 0 Å². The molecule has 1 unspecified atom stereocenters. The van der Waals surface area contributed by atoms with Crippen LogP contribution >= 0.6 is 0 Å². The van der Waals surface area contributed by atoms with Crippen LogP contribution in [-0.4, -0.2) is 12.0 Å². The smallest absolute Gasteiger partial charge is 0.186 e. The van der Waals surface area contributed by atoms with Crippen molar-refractivity contribution in [3.63, 3.8) is 0 Å². The second-order valence-corrected chi connectivity index (χ2v) is 3.09. The molecule has 0 saturated heterocycles. The van der Waals surface area contributed by atoms with Crippen molar-refractivity contribution in [3.8, 4) is 0 Å². The lowest BCUT2D eigenvalue weighted by Crippen LogP contribution is -2.25. The summed E-state index contributed by atoms with van der Waals surface area (Å²) < 4.78 is 0. The summed E-state index contributed by atoms with van der Waals surface area (Å²) >= 11 is 0. The summed E-state index contributed by atoms with van der Waals surface area (Å²) in [6.45, 7) is 1.99. The van der Waals surface area contributed by atoms with Crippen LogP contribution in [0.15, 0.2) is 35.3 Å². The third-order valence-electron chi connectivity index (χ3n) is 1.74. The van der Waals surface area contributed by atoms with Gasteiger partial charge in [0.2, 0.25) is 0 Å². The molecule has 3 heteroatoms. The van der Waals surface area contributed by atoms with Gasteiger partial charge < -0.3 is 11.5 Å². The minimum Gasteiger partial charge on any atom is -0.370 e. The third kappa shape index (κ3) is 3.60. The van der Waals surface area contributed by atoms with E-state index >= 15 is 0 Å². The zero-order chi connectivity index (χ0) is 9.68. The lowest BCUT2D eigenvalue weighted by atomic mass is 10.1. The summed E-state index contributed by atoms with van der Waals surface area (Å²) in [7, 11) is 0. The van der Waals surface area contributed by atoms with Crippen LogP contribution in [0.2, 0.25) is 0 Å². The molecule has 0 bridgehead atoms. The molecule has 0 spiro atoms. The Kier molecular flexibility index (Phi) is 3.31. The van der Waals surface area contributed by atoms with Crippen LogP contribution in [-0.2, 0) is 6.42 Å². The summed E-state index contributed by atoms with van der Waals surface area (Å²) in [6.07, 6.45) is 0.874. The Bertz CT molecular complexity index is 275. The van der Waals surface area contributed by atoms with E-state index < -0.39 is 0 Å². The normalized spacial score (nSPS) is 12.1. The Hall–Kier alpha value is -1.51. The summed E-state index contributed by atoms with van der Waals surface area (Å²) in [4.78, 5) is 4.04. The minimum atomic E-state index is 0.146. The molecule has 4 N–H and O–H groups in total. The fourth-order valence-electron chi connectivity index (χ4n) is 1.26.